The summed E-state index contributed by atoms with van der Waals surface area (Å²) in [6, 6.07) is 19.5. The van der Waals surface area contributed by atoms with Crippen LogP contribution in [0.5, 0.6) is 5.75 Å². The summed E-state index contributed by atoms with van der Waals surface area (Å²) in [6.45, 7) is 5.44. The Kier molecular flexibility index (Phi) is 4.82. The molecule has 3 aromatic carbocycles. The van der Waals surface area contributed by atoms with E-state index in [-0.39, 0.29) is 11.0 Å². The van der Waals surface area contributed by atoms with E-state index in [9.17, 15) is 14.3 Å². The van der Waals surface area contributed by atoms with E-state index in [4.69, 9.17) is 0 Å². The highest BCUT2D eigenvalue weighted by Crippen LogP contribution is 2.44. The second kappa shape index (κ2) is 7.57. The van der Waals surface area contributed by atoms with Crippen LogP contribution in [0.15, 0.2) is 66.9 Å². The summed E-state index contributed by atoms with van der Waals surface area (Å²) in [5.74, 6) is -1.45. The van der Waals surface area contributed by atoms with Crippen molar-refractivity contribution in [2.24, 2.45) is 0 Å². The number of rotatable bonds is 4. The van der Waals surface area contributed by atoms with Crippen molar-refractivity contribution in [3.05, 3.63) is 83.8 Å². The third-order valence-electron chi connectivity index (χ3n) is 5.91. The molecule has 160 valence electrons. The van der Waals surface area contributed by atoms with Gasteiger partial charge in [-0.05, 0) is 53.6 Å². The predicted molar refractivity (Wildman–Crippen MR) is 126 cm³/mol. The molecule has 4 nitrogen and oxygen atoms in total. The lowest BCUT2D eigenvalue weighted by Crippen LogP contribution is -2.24. The van der Waals surface area contributed by atoms with Crippen molar-refractivity contribution in [3.8, 4) is 26.8 Å². The largest absolute Gasteiger partial charge is 0.504 e. The Bertz CT molecular complexity index is 1330. The topological polar surface area (TPSA) is 53.4 Å². The highest BCUT2D eigenvalue weighted by atomic mass is 32.1. The first-order valence-electron chi connectivity index (χ1n) is 10.3. The fourth-order valence-electron chi connectivity index (χ4n) is 4.25. The van der Waals surface area contributed by atoms with Crippen LogP contribution >= 0.6 is 11.3 Å². The smallest absolute Gasteiger partial charge is 0.166 e. The quantitative estimate of drug-likeness (QED) is 0.362. The Balaban J connectivity index is 1.44. The molecule has 0 unspecified atom stereocenters. The maximum Gasteiger partial charge on any atom is 0.166 e. The number of benzene rings is 3. The molecule has 6 heteroatoms. The molecule has 0 atom stereocenters. The van der Waals surface area contributed by atoms with Crippen LogP contribution in [-0.2, 0) is 5.41 Å². The molecular weight excluding hydrogens is 423 g/mol. The summed E-state index contributed by atoms with van der Waals surface area (Å²) < 4.78 is 14.0. The Morgan fingerprint density at radius 2 is 1.84 bits per heavy atom. The molecule has 2 heterocycles. The number of thiazole rings is 1. The number of aldehydes is 1. The van der Waals surface area contributed by atoms with Crippen molar-refractivity contribution in [2.45, 2.75) is 19.3 Å². The number of carbonyl (C=O) groups excluding carboxylic acids is 1. The number of hydrogen-bond donors (Lipinski definition) is 1. The van der Waals surface area contributed by atoms with Gasteiger partial charge in [-0.1, -0.05) is 32.0 Å². The van der Waals surface area contributed by atoms with Gasteiger partial charge in [0.15, 0.2) is 17.9 Å². The zero-order valence-electron chi connectivity index (χ0n) is 17.7. The minimum absolute atomic E-state index is 0.0758. The molecule has 0 saturated heterocycles. The summed E-state index contributed by atoms with van der Waals surface area (Å²) in [7, 11) is 0. The SMILES string of the molecule is CC1(C)CN(c2ccc(-c3ncc(-c4cc(F)c(O)c(C=O)c4)s3)cc2)c2ccccc21. The summed E-state index contributed by atoms with van der Waals surface area (Å²) in [5.41, 5.74) is 5.20. The van der Waals surface area contributed by atoms with Gasteiger partial charge in [-0.15, -0.1) is 11.3 Å². The lowest BCUT2D eigenvalue weighted by Gasteiger charge is -2.22. The van der Waals surface area contributed by atoms with E-state index in [0.717, 1.165) is 27.7 Å². The normalized spacial score (nSPS) is 14.4. The van der Waals surface area contributed by atoms with Crippen LogP contribution in [0.1, 0.15) is 29.8 Å². The highest BCUT2D eigenvalue weighted by molar-refractivity contribution is 7.18. The van der Waals surface area contributed by atoms with Gasteiger partial charge in [0.05, 0.1) is 10.4 Å². The fourth-order valence-corrected chi connectivity index (χ4v) is 5.16. The number of fused-ring (bicyclic) bond motifs is 1. The van der Waals surface area contributed by atoms with Crippen LogP contribution in [0.2, 0.25) is 0 Å². The Hall–Kier alpha value is -3.51. The molecule has 1 aliphatic rings. The van der Waals surface area contributed by atoms with Crippen LogP contribution in [0, 0.1) is 5.82 Å². The average Bonchev–Trinajstić information content (AvgIpc) is 3.39. The van der Waals surface area contributed by atoms with E-state index in [2.05, 4.69) is 60.1 Å². The monoisotopic (exact) mass is 444 g/mol. The number of anilines is 2. The van der Waals surface area contributed by atoms with Crippen molar-refractivity contribution in [2.75, 3.05) is 11.4 Å². The predicted octanol–water partition coefficient (Wildman–Crippen LogP) is 6.56. The number of phenolic OH excluding ortho intramolecular Hbond substituents is 1. The maximum absolute atomic E-state index is 14.0. The molecule has 0 saturated carbocycles. The van der Waals surface area contributed by atoms with Gasteiger partial charge in [0.1, 0.15) is 5.01 Å². The summed E-state index contributed by atoms with van der Waals surface area (Å²) in [4.78, 5) is 18.7. The van der Waals surface area contributed by atoms with Gasteiger partial charge in [-0.25, -0.2) is 9.37 Å². The average molecular weight is 445 g/mol. The van der Waals surface area contributed by atoms with E-state index < -0.39 is 11.6 Å². The lowest BCUT2D eigenvalue weighted by atomic mass is 9.87. The van der Waals surface area contributed by atoms with Crippen molar-refractivity contribution in [1.29, 1.82) is 0 Å². The second-order valence-corrected chi connectivity index (χ2v) is 9.61. The van der Waals surface area contributed by atoms with E-state index in [0.29, 0.717) is 11.8 Å². The molecule has 0 fully saturated rings. The zero-order valence-corrected chi connectivity index (χ0v) is 18.5. The van der Waals surface area contributed by atoms with Crippen molar-refractivity contribution >= 4 is 29.0 Å². The number of nitrogens with zero attached hydrogens (tertiary/aromatic N) is 2. The molecule has 0 radical (unpaired) electrons. The third-order valence-corrected chi connectivity index (χ3v) is 7.01. The molecule has 1 aliphatic heterocycles. The number of para-hydroxylation sites is 1. The first kappa shape index (κ1) is 20.4. The number of halogens is 1. The number of hydrogen-bond acceptors (Lipinski definition) is 5. The standard InChI is InChI=1S/C26H21FN2O2S/c1-26(2)15-29(22-6-4-3-5-20(22)26)19-9-7-16(8-10-19)25-28-13-23(32-25)17-11-18(14-30)24(31)21(27)12-17/h3-14,31H,15H2,1-2H3. The maximum atomic E-state index is 14.0. The zero-order chi connectivity index (χ0) is 22.5. The van der Waals surface area contributed by atoms with Gasteiger partial charge in [-0.3, -0.25) is 4.79 Å². The van der Waals surface area contributed by atoms with Gasteiger partial charge < -0.3 is 10.0 Å². The van der Waals surface area contributed by atoms with Gasteiger partial charge in [0.25, 0.3) is 0 Å². The minimum atomic E-state index is -0.822. The molecule has 32 heavy (non-hydrogen) atoms. The molecule has 1 N–H and O–H groups in total. The Morgan fingerprint density at radius 3 is 2.59 bits per heavy atom. The van der Waals surface area contributed by atoms with Crippen molar-refractivity contribution in [1.82, 2.24) is 4.98 Å². The number of phenols is 1. The first-order valence-corrected chi connectivity index (χ1v) is 11.1. The van der Waals surface area contributed by atoms with Crippen LogP contribution in [0.25, 0.3) is 21.0 Å². The summed E-state index contributed by atoms with van der Waals surface area (Å²) in [6.07, 6.45) is 2.11. The van der Waals surface area contributed by atoms with E-state index in [1.54, 1.807) is 6.20 Å². The van der Waals surface area contributed by atoms with Crippen molar-refractivity contribution in [3.63, 3.8) is 0 Å². The van der Waals surface area contributed by atoms with Gasteiger partial charge >= 0.3 is 0 Å². The molecule has 0 bridgehead atoms. The van der Waals surface area contributed by atoms with Crippen LogP contribution in [0.4, 0.5) is 15.8 Å². The molecule has 0 spiro atoms. The number of aromatic hydroxyl groups is 1. The van der Waals surface area contributed by atoms with Crippen LogP contribution < -0.4 is 4.90 Å². The Morgan fingerprint density at radius 1 is 1.09 bits per heavy atom. The summed E-state index contributed by atoms with van der Waals surface area (Å²) in [5, 5.41) is 10.4. The lowest BCUT2D eigenvalue weighted by molar-refractivity contribution is 0.112. The van der Waals surface area contributed by atoms with E-state index in [1.807, 2.05) is 12.1 Å². The molecule has 0 aliphatic carbocycles. The third kappa shape index (κ3) is 3.37. The number of aromatic nitrogens is 1. The van der Waals surface area contributed by atoms with E-state index >= 15 is 0 Å². The number of carbonyl (C=O) groups is 1. The van der Waals surface area contributed by atoms with E-state index in [1.165, 1.54) is 34.7 Å². The molecule has 5 rings (SSSR count). The van der Waals surface area contributed by atoms with Gasteiger partial charge in [0.2, 0.25) is 0 Å². The highest BCUT2D eigenvalue weighted by Gasteiger charge is 2.35. The van der Waals surface area contributed by atoms with Crippen LogP contribution in [-0.4, -0.2) is 22.9 Å². The molecule has 0 amide bonds. The summed E-state index contributed by atoms with van der Waals surface area (Å²) >= 11 is 1.41. The van der Waals surface area contributed by atoms with Crippen molar-refractivity contribution < 1.29 is 14.3 Å². The van der Waals surface area contributed by atoms with Crippen LogP contribution in [0.3, 0.4) is 0 Å². The molecular formula is C26H21FN2O2S. The molecule has 1 aromatic heterocycles. The first-order chi connectivity index (χ1) is 15.4. The molecule has 4 aromatic rings. The fraction of sp³-hybridized carbons (Fsp3) is 0.154. The second-order valence-electron chi connectivity index (χ2n) is 8.58. The Labute approximate surface area is 189 Å². The van der Waals surface area contributed by atoms with Gasteiger partial charge in [-0.2, -0.15) is 0 Å². The minimum Gasteiger partial charge on any atom is -0.504 e. The van der Waals surface area contributed by atoms with Gasteiger partial charge in [0, 0.05) is 35.1 Å².